The Morgan fingerprint density at radius 3 is 2.09 bits per heavy atom. The van der Waals surface area contributed by atoms with Gasteiger partial charge in [0.25, 0.3) is 5.91 Å². The van der Waals surface area contributed by atoms with Crippen LogP contribution in [0.5, 0.6) is 0 Å². The van der Waals surface area contributed by atoms with Crippen LogP contribution in [0.3, 0.4) is 0 Å². The summed E-state index contributed by atoms with van der Waals surface area (Å²) in [6.45, 7) is 2.15. The normalized spacial score (nSPS) is 15.2. The van der Waals surface area contributed by atoms with Crippen LogP contribution in [-0.4, -0.2) is 47.8 Å². The Balaban J connectivity index is 1.44. The van der Waals surface area contributed by atoms with Gasteiger partial charge in [0.05, 0.1) is 0 Å². The number of hydrogen-bond acceptors (Lipinski definition) is 3. The van der Waals surface area contributed by atoms with E-state index in [0.717, 1.165) is 23.3 Å². The number of nitrogens with zero attached hydrogens (tertiary/aromatic N) is 2. The van der Waals surface area contributed by atoms with Crippen molar-refractivity contribution in [2.75, 3.05) is 26.2 Å². The zero-order chi connectivity index (χ0) is 23.2. The molecule has 0 aromatic heterocycles. The van der Waals surface area contributed by atoms with Crippen molar-refractivity contribution in [2.45, 2.75) is 12.6 Å². The molecule has 170 valence electrons. The van der Waals surface area contributed by atoms with Gasteiger partial charge in [-0.15, -0.1) is 0 Å². The number of halogens is 2. The molecule has 7 heteroatoms. The van der Waals surface area contributed by atoms with E-state index in [4.69, 9.17) is 0 Å². The van der Waals surface area contributed by atoms with E-state index in [0.29, 0.717) is 32.7 Å². The number of rotatable bonds is 6. The molecular weight excluding hydrogens is 424 g/mol. The summed E-state index contributed by atoms with van der Waals surface area (Å²) in [5, 5.41) is 3.03. The average Bonchev–Trinajstić information content (AvgIpc) is 2.86. The third-order valence-electron chi connectivity index (χ3n) is 5.81. The van der Waals surface area contributed by atoms with Crippen molar-refractivity contribution in [3.05, 3.63) is 107 Å². The van der Waals surface area contributed by atoms with E-state index < -0.39 is 17.7 Å². The largest absolute Gasteiger partial charge is 0.350 e. The summed E-state index contributed by atoms with van der Waals surface area (Å²) in [4.78, 5) is 29.6. The van der Waals surface area contributed by atoms with Crippen LogP contribution < -0.4 is 5.32 Å². The maximum absolute atomic E-state index is 13.5. The monoisotopic (exact) mass is 449 g/mol. The number of piperazine rings is 1. The second-order valence-corrected chi connectivity index (χ2v) is 7.97. The molecule has 2 amide bonds. The fraction of sp³-hybridized carbons (Fsp3) is 0.231. The summed E-state index contributed by atoms with van der Waals surface area (Å²) in [7, 11) is 0. The molecule has 1 N–H and O–H groups in total. The summed E-state index contributed by atoms with van der Waals surface area (Å²) in [5.41, 5.74) is 2.01. The van der Waals surface area contributed by atoms with Crippen molar-refractivity contribution < 1.29 is 18.4 Å². The van der Waals surface area contributed by atoms with Crippen molar-refractivity contribution in [1.82, 2.24) is 15.1 Å². The van der Waals surface area contributed by atoms with Crippen molar-refractivity contribution >= 4 is 11.8 Å². The number of hydrogen-bond donors (Lipinski definition) is 1. The quantitative estimate of drug-likeness (QED) is 0.623. The molecular formula is C26H25F2N3O2. The summed E-state index contributed by atoms with van der Waals surface area (Å²) in [6, 6.07) is 21.9. The molecule has 3 aromatic carbocycles. The minimum Gasteiger partial charge on any atom is -0.350 e. The van der Waals surface area contributed by atoms with Gasteiger partial charge in [0.2, 0.25) is 5.91 Å². The molecule has 1 aliphatic rings. The van der Waals surface area contributed by atoms with Gasteiger partial charge in [-0.2, -0.15) is 0 Å². The third-order valence-corrected chi connectivity index (χ3v) is 5.81. The standard InChI is InChI=1S/C26H25F2N3O2/c27-22-12-11-21(17-23(22)28)26(33)31-15-13-30(14-16-31)24(20-9-5-2-6-10-20)25(32)29-18-19-7-3-1-4-8-19/h1-12,17,24H,13-16,18H2,(H,29,32)/t24-/m0/s1. The SMILES string of the molecule is O=C(NCc1ccccc1)[C@H](c1ccccc1)N1CCN(C(=O)c2ccc(F)c(F)c2)CC1. The molecule has 0 bridgehead atoms. The van der Waals surface area contributed by atoms with Crippen molar-refractivity contribution in [1.29, 1.82) is 0 Å². The Bertz CT molecular complexity index is 1100. The van der Waals surface area contributed by atoms with Crippen molar-refractivity contribution in [3.63, 3.8) is 0 Å². The Kier molecular flexibility index (Phi) is 7.10. The molecule has 3 aromatic rings. The lowest BCUT2D eigenvalue weighted by Crippen LogP contribution is -2.52. The highest BCUT2D eigenvalue weighted by molar-refractivity contribution is 5.94. The van der Waals surface area contributed by atoms with Crippen LogP contribution in [0.15, 0.2) is 78.9 Å². The maximum atomic E-state index is 13.5. The molecule has 1 heterocycles. The Hall–Kier alpha value is -3.58. The number of amides is 2. The van der Waals surface area contributed by atoms with E-state index in [9.17, 15) is 18.4 Å². The molecule has 4 rings (SSSR count). The van der Waals surface area contributed by atoms with E-state index in [1.165, 1.54) is 6.07 Å². The van der Waals surface area contributed by atoms with E-state index in [1.807, 2.05) is 65.6 Å². The van der Waals surface area contributed by atoms with E-state index in [2.05, 4.69) is 5.32 Å². The summed E-state index contributed by atoms with van der Waals surface area (Å²) < 4.78 is 26.8. The van der Waals surface area contributed by atoms with Crippen LogP contribution in [0.2, 0.25) is 0 Å². The molecule has 1 atom stereocenters. The molecule has 5 nitrogen and oxygen atoms in total. The van der Waals surface area contributed by atoms with Gasteiger partial charge in [-0.05, 0) is 29.3 Å². The van der Waals surface area contributed by atoms with E-state index in [1.54, 1.807) is 4.90 Å². The van der Waals surface area contributed by atoms with Gasteiger partial charge < -0.3 is 10.2 Å². The first-order valence-electron chi connectivity index (χ1n) is 10.9. The third kappa shape index (κ3) is 5.43. The van der Waals surface area contributed by atoms with Crippen molar-refractivity contribution in [2.24, 2.45) is 0 Å². The van der Waals surface area contributed by atoms with Gasteiger partial charge >= 0.3 is 0 Å². The molecule has 1 aliphatic heterocycles. The molecule has 1 fully saturated rings. The Labute approximate surface area is 191 Å². The minimum atomic E-state index is -1.04. The summed E-state index contributed by atoms with van der Waals surface area (Å²) in [6.07, 6.45) is 0. The Morgan fingerprint density at radius 1 is 0.818 bits per heavy atom. The smallest absolute Gasteiger partial charge is 0.254 e. The minimum absolute atomic E-state index is 0.106. The molecule has 33 heavy (non-hydrogen) atoms. The van der Waals surface area contributed by atoms with E-state index >= 15 is 0 Å². The highest BCUT2D eigenvalue weighted by Gasteiger charge is 2.32. The summed E-state index contributed by atoms with van der Waals surface area (Å²) in [5.74, 6) is -2.48. The van der Waals surface area contributed by atoms with Crippen LogP contribution >= 0.6 is 0 Å². The lowest BCUT2D eigenvalue weighted by molar-refractivity contribution is -0.127. The molecule has 0 radical (unpaired) electrons. The number of nitrogens with one attached hydrogen (secondary N) is 1. The second-order valence-electron chi connectivity index (χ2n) is 7.97. The first kappa shape index (κ1) is 22.6. The highest BCUT2D eigenvalue weighted by Crippen LogP contribution is 2.23. The van der Waals surface area contributed by atoms with Gasteiger partial charge in [0.15, 0.2) is 11.6 Å². The van der Waals surface area contributed by atoms with Crippen molar-refractivity contribution in [3.8, 4) is 0 Å². The first-order chi connectivity index (χ1) is 16.0. The molecule has 0 unspecified atom stereocenters. The predicted molar refractivity (Wildman–Crippen MR) is 121 cm³/mol. The van der Waals surface area contributed by atoms with Crippen LogP contribution in [0, 0.1) is 11.6 Å². The van der Waals surface area contributed by atoms with Gasteiger partial charge in [-0.1, -0.05) is 60.7 Å². The summed E-state index contributed by atoms with van der Waals surface area (Å²) >= 11 is 0. The molecule has 1 saturated heterocycles. The first-order valence-corrected chi connectivity index (χ1v) is 10.9. The Morgan fingerprint density at radius 2 is 1.45 bits per heavy atom. The lowest BCUT2D eigenvalue weighted by Gasteiger charge is -2.38. The second kappa shape index (κ2) is 10.4. The van der Waals surface area contributed by atoms with Crippen LogP contribution in [0.1, 0.15) is 27.5 Å². The van der Waals surface area contributed by atoms with Gasteiger partial charge in [0.1, 0.15) is 6.04 Å². The molecule has 0 spiro atoms. The number of carbonyl (C=O) groups is 2. The van der Waals surface area contributed by atoms with E-state index in [-0.39, 0.29) is 17.4 Å². The molecule has 0 saturated carbocycles. The lowest BCUT2D eigenvalue weighted by atomic mass is 10.0. The number of benzene rings is 3. The highest BCUT2D eigenvalue weighted by atomic mass is 19.2. The van der Waals surface area contributed by atoms with Crippen LogP contribution in [0.4, 0.5) is 8.78 Å². The maximum Gasteiger partial charge on any atom is 0.254 e. The predicted octanol–water partition coefficient (Wildman–Crippen LogP) is 3.78. The fourth-order valence-electron chi connectivity index (χ4n) is 4.04. The topological polar surface area (TPSA) is 52.7 Å². The van der Waals surface area contributed by atoms with Crippen LogP contribution in [0.25, 0.3) is 0 Å². The average molecular weight is 450 g/mol. The fourth-order valence-corrected chi connectivity index (χ4v) is 4.04. The number of carbonyl (C=O) groups excluding carboxylic acids is 2. The zero-order valence-corrected chi connectivity index (χ0v) is 18.1. The van der Waals surface area contributed by atoms with Gasteiger partial charge in [-0.3, -0.25) is 14.5 Å². The molecule has 0 aliphatic carbocycles. The zero-order valence-electron chi connectivity index (χ0n) is 18.1. The van der Waals surface area contributed by atoms with Gasteiger partial charge in [0, 0.05) is 38.3 Å². The van der Waals surface area contributed by atoms with Gasteiger partial charge in [-0.25, -0.2) is 8.78 Å². The van der Waals surface area contributed by atoms with Crippen LogP contribution in [-0.2, 0) is 11.3 Å².